The molecule has 46 heavy (non-hydrogen) atoms. The van der Waals surface area contributed by atoms with Gasteiger partial charge in [0.05, 0.1) is 17.1 Å². The van der Waals surface area contributed by atoms with E-state index >= 15 is 0 Å². The third kappa shape index (κ3) is 7.53. The fourth-order valence-electron chi connectivity index (χ4n) is 6.44. The number of amides is 3. The van der Waals surface area contributed by atoms with Crippen molar-refractivity contribution >= 4 is 40.5 Å². The number of hydrogen-bond donors (Lipinski definition) is 2. The van der Waals surface area contributed by atoms with Gasteiger partial charge in [-0.3, -0.25) is 9.59 Å². The van der Waals surface area contributed by atoms with Crippen molar-refractivity contribution in [3.05, 3.63) is 99.8 Å². The van der Waals surface area contributed by atoms with Gasteiger partial charge in [0.25, 0.3) is 11.8 Å². The van der Waals surface area contributed by atoms with Crippen LogP contribution in [0.3, 0.4) is 0 Å². The van der Waals surface area contributed by atoms with Crippen molar-refractivity contribution < 1.29 is 19.1 Å². The molecule has 2 fully saturated rings. The number of aromatic amines is 1. The molecule has 3 amide bonds. The first-order chi connectivity index (χ1) is 22.3. The van der Waals surface area contributed by atoms with E-state index in [4.69, 9.17) is 21.3 Å². The number of benzene rings is 3. The molecule has 3 heterocycles. The number of aryl methyl sites for hydroxylation is 1. The van der Waals surface area contributed by atoms with E-state index in [1.807, 2.05) is 54.3 Å². The molecular weight excluding hydrogens is 602 g/mol. The quantitative estimate of drug-likeness (QED) is 0.203. The minimum absolute atomic E-state index is 0.0243. The van der Waals surface area contributed by atoms with Gasteiger partial charge in [-0.05, 0) is 98.9 Å². The molecule has 1 aromatic heterocycles. The number of fused-ring (bicyclic) bond motifs is 1. The maximum Gasteiger partial charge on any atom is 0.410 e. The summed E-state index contributed by atoms with van der Waals surface area (Å²) in [4.78, 5) is 51.1. The summed E-state index contributed by atoms with van der Waals surface area (Å²) in [6.07, 6.45) is 5.04. The molecule has 0 saturated carbocycles. The van der Waals surface area contributed by atoms with Crippen molar-refractivity contribution in [1.29, 1.82) is 0 Å². The molecule has 2 aliphatic heterocycles. The molecule has 4 aromatic rings. The Hall–Kier alpha value is -4.37. The second kappa shape index (κ2) is 14.4. The summed E-state index contributed by atoms with van der Waals surface area (Å²) in [5.74, 6) is 0.874. The van der Waals surface area contributed by atoms with Gasteiger partial charge in [-0.25, -0.2) is 9.78 Å². The zero-order chi connectivity index (χ0) is 32.0. The van der Waals surface area contributed by atoms with Crippen LogP contribution < -0.4 is 5.32 Å². The van der Waals surface area contributed by atoms with Crippen LogP contribution in [0.4, 0.5) is 4.79 Å². The Kier molecular flexibility index (Phi) is 9.88. The molecule has 10 heteroatoms. The van der Waals surface area contributed by atoms with Crippen molar-refractivity contribution in [1.82, 2.24) is 25.1 Å². The Morgan fingerprint density at radius 2 is 1.74 bits per heavy atom. The number of carbonyl (C=O) groups excluding carboxylic acids is 3. The van der Waals surface area contributed by atoms with E-state index in [1.165, 1.54) is 0 Å². The molecule has 0 bridgehead atoms. The number of H-pyrrole nitrogens is 1. The van der Waals surface area contributed by atoms with Gasteiger partial charge in [-0.2, -0.15) is 0 Å². The Morgan fingerprint density at radius 1 is 0.978 bits per heavy atom. The van der Waals surface area contributed by atoms with Crippen LogP contribution in [0.1, 0.15) is 82.2 Å². The third-order valence-electron chi connectivity index (χ3n) is 9.15. The lowest BCUT2D eigenvalue weighted by Crippen LogP contribution is -2.39. The summed E-state index contributed by atoms with van der Waals surface area (Å²) in [5.41, 5.74) is 4.48. The topological polar surface area (TPSA) is 108 Å². The normalized spacial score (nSPS) is 16.0. The first-order valence-electron chi connectivity index (χ1n) is 16.2. The minimum atomic E-state index is -0.362. The zero-order valence-corrected chi connectivity index (χ0v) is 26.9. The summed E-state index contributed by atoms with van der Waals surface area (Å²) < 4.78 is 5.53. The summed E-state index contributed by atoms with van der Waals surface area (Å²) in [7, 11) is 0. The van der Waals surface area contributed by atoms with Crippen LogP contribution >= 0.6 is 11.6 Å². The maximum atomic E-state index is 13.6. The number of piperidine rings is 1. The second-order valence-corrected chi connectivity index (χ2v) is 12.8. The molecule has 0 unspecified atom stereocenters. The minimum Gasteiger partial charge on any atom is -0.445 e. The SMILES string of the molecule is Cc1cc(C(=O)N[C@@H](CCC2CCN(C(=O)OCc3ccccc3)CC2)c2nc3ccc(Cl)cc3[nH]2)ccc1C(=O)N1CCCC1. The number of rotatable bonds is 9. The van der Waals surface area contributed by atoms with Crippen molar-refractivity contribution in [2.24, 2.45) is 5.92 Å². The van der Waals surface area contributed by atoms with Crippen LogP contribution in [0.15, 0.2) is 66.7 Å². The zero-order valence-electron chi connectivity index (χ0n) is 26.1. The molecule has 0 aliphatic carbocycles. The van der Waals surface area contributed by atoms with Gasteiger partial charge in [0.1, 0.15) is 12.4 Å². The average molecular weight is 642 g/mol. The number of ether oxygens (including phenoxy) is 1. The first kappa shape index (κ1) is 31.6. The molecule has 0 radical (unpaired) electrons. The molecule has 2 aliphatic rings. The van der Waals surface area contributed by atoms with E-state index in [0.717, 1.165) is 67.4 Å². The van der Waals surface area contributed by atoms with Crippen molar-refractivity contribution in [2.75, 3.05) is 26.2 Å². The van der Waals surface area contributed by atoms with Crippen molar-refractivity contribution in [3.63, 3.8) is 0 Å². The highest BCUT2D eigenvalue weighted by Gasteiger charge is 2.27. The Bertz CT molecular complexity index is 1690. The highest BCUT2D eigenvalue weighted by molar-refractivity contribution is 6.31. The summed E-state index contributed by atoms with van der Waals surface area (Å²) in [6.45, 7) is 4.98. The molecule has 2 N–H and O–H groups in total. The standard InChI is InChI=1S/C36H40ClN5O4/c1-24-21-27(10-12-29(24)35(44)41-17-5-6-18-41)34(43)40-31(33-38-30-14-11-28(37)22-32(30)39-33)13-9-25-15-19-42(20-16-25)36(45)46-23-26-7-3-2-4-8-26/h2-4,7-8,10-12,14,21-22,25,31H,5-6,9,13,15-20,23H2,1H3,(H,38,39)(H,40,43)/t31-/m0/s1. The number of aromatic nitrogens is 2. The first-order valence-corrected chi connectivity index (χ1v) is 16.5. The lowest BCUT2D eigenvalue weighted by molar-refractivity contribution is 0.0790. The molecule has 1 atom stereocenters. The molecule has 2 saturated heterocycles. The molecular formula is C36H40ClN5O4. The smallest absolute Gasteiger partial charge is 0.410 e. The van der Waals surface area contributed by atoms with Gasteiger partial charge < -0.3 is 24.8 Å². The predicted octanol–water partition coefficient (Wildman–Crippen LogP) is 7.06. The highest BCUT2D eigenvalue weighted by atomic mass is 35.5. The van der Waals surface area contributed by atoms with Crippen LogP contribution in [-0.2, 0) is 11.3 Å². The van der Waals surface area contributed by atoms with E-state index in [9.17, 15) is 14.4 Å². The molecule has 3 aromatic carbocycles. The Balaban J connectivity index is 1.10. The van der Waals surface area contributed by atoms with Gasteiger partial charge >= 0.3 is 6.09 Å². The summed E-state index contributed by atoms with van der Waals surface area (Å²) >= 11 is 6.23. The molecule has 9 nitrogen and oxygen atoms in total. The maximum absolute atomic E-state index is 13.6. The number of nitrogens with zero attached hydrogens (tertiary/aromatic N) is 3. The fraction of sp³-hybridized carbons (Fsp3) is 0.389. The number of carbonyl (C=O) groups is 3. The molecule has 6 rings (SSSR count). The van der Waals surface area contributed by atoms with E-state index < -0.39 is 0 Å². The van der Waals surface area contributed by atoms with Crippen LogP contribution in [0.25, 0.3) is 11.0 Å². The number of likely N-dealkylation sites (tertiary alicyclic amines) is 2. The largest absolute Gasteiger partial charge is 0.445 e. The van der Waals surface area contributed by atoms with Gasteiger partial charge in [-0.1, -0.05) is 41.9 Å². The number of hydrogen-bond acceptors (Lipinski definition) is 5. The van der Waals surface area contributed by atoms with E-state index in [-0.39, 0.29) is 30.6 Å². The summed E-state index contributed by atoms with van der Waals surface area (Å²) in [5, 5.41) is 3.82. The second-order valence-electron chi connectivity index (χ2n) is 12.4. The van der Waals surface area contributed by atoms with Crippen molar-refractivity contribution in [3.8, 4) is 0 Å². The number of nitrogens with one attached hydrogen (secondary N) is 2. The van der Waals surface area contributed by atoms with Crippen LogP contribution in [0, 0.1) is 12.8 Å². The predicted molar refractivity (Wildman–Crippen MR) is 178 cm³/mol. The lowest BCUT2D eigenvalue weighted by Gasteiger charge is -2.32. The van der Waals surface area contributed by atoms with Gasteiger partial charge in [0.15, 0.2) is 0 Å². The number of imidazole rings is 1. The lowest BCUT2D eigenvalue weighted by atomic mass is 9.90. The van der Waals surface area contributed by atoms with Gasteiger partial charge in [0, 0.05) is 42.3 Å². The monoisotopic (exact) mass is 641 g/mol. The van der Waals surface area contributed by atoms with Crippen LogP contribution in [-0.4, -0.2) is 63.9 Å². The highest BCUT2D eigenvalue weighted by Crippen LogP contribution is 2.29. The fourth-order valence-corrected chi connectivity index (χ4v) is 6.61. The van der Waals surface area contributed by atoms with E-state index in [2.05, 4.69) is 10.3 Å². The molecule has 0 spiro atoms. The van der Waals surface area contributed by atoms with Crippen LogP contribution in [0.5, 0.6) is 0 Å². The number of halogens is 1. The van der Waals surface area contributed by atoms with Crippen LogP contribution in [0.2, 0.25) is 5.02 Å². The van der Waals surface area contributed by atoms with Gasteiger partial charge in [0.2, 0.25) is 0 Å². The third-order valence-corrected chi connectivity index (χ3v) is 9.39. The molecule has 240 valence electrons. The average Bonchev–Trinajstić information content (AvgIpc) is 3.76. The van der Waals surface area contributed by atoms with Crippen molar-refractivity contribution in [2.45, 2.75) is 58.1 Å². The van der Waals surface area contributed by atoms with E-state index in [1.54, 1.807) is 29.2 Å². The van der Waals surface area contributed by atoms with Gasteiger partial charge in [-0.15, -0.1) is 0 Å². The van der Waals surface area contributed by atoms with E-state index in [0.29, 0.717) is 47.4 Å². The Morgan fingerprint density at radius 3 is 2.48 bits per heavy atom. The Labute approximate surface area is 274 Å². The summed E-state index contributed by atoms with van der Waals surface area (Å²) in [6, 6.07) is 20.1.